The third-order valence-electron chi connectivity index (χ3n) is 7.37. The molecular formula is C27H30N4O4. The van der Waals surface area contributed by atoms with E-state index >= 15 is 0 Å². The van der Waals surface area contributed by atoms with Gasteiger partial charge < -0.3 is 15.7 Å². The fraction of sp³-hybridized carbons (Fsp3) is 0.407. The van der Waals surface area contributed by atoms with Crippen LogP contribution in [0.2, 0.25) is 0 Å². The summed E-state index contributed by atoms with van der Waals surface area (Å²) in [5.74, 6) is -1.40. The zero-order chi connectivity index (χ0) is 25.1. The molecular weight excluding hydrogens is 444 g/mol. The second-order valence-corrected chi connectivity index (χ2v) is 9.45. The molecule has 0 spiro atoms. The molecule has 8 heteroatoms. The Labute approximate surface area is 204 Å². The number of aryl methyl sites for hydroxylation is 1. The van der Waals surface area contributed by atoms with Gasteiger partial charge in [-0.05, 0) is 73.9 Å². The summed E-state index contributed by atoms with van der Waals surface area (Å²) in [4.78, 5) is 40.7. The maximum atomic E-state index is 13.3. The number of rotatable bonds is 5. The number of carbonyl (C=O) groups excluding carboxylic acids is 2. The molecule has 1 aliphatic heterocycles. The van der Waals surface area contributed by atoms with E-state index in [-0.39, 0.29) is 5.91 Å². The number of benzene rings is 2. The topological polar surface area (TPSA) is 128 Å². The fourth-order valence-corrected chi connectivity index (χ4v) is 5.43. The van der Waals surface area contributed by atoms with Crippen molar-refractivity contribution in [3.05, 3.63) is 64.7 Å². The van der Waals surface area contributed by atoms with Crippen LogP contribution in [-0.4, -0.2) is 47.0 Å². The minimum absolute atomic E-state index is 0.116. The molecule has 8 nitrogen and oxygen atoms in total. The summed E-state index contributed by atoms with van der Waals surface area (Å²) >= 11 is 0. The lowest BCUT2D eigenvalue weighted by molar-refractivity contribution is -0.141. The zero-order valence-electron chi connectivity index (χ0n) is 19.8. The Bertz CT molecular complexity index is 1160. The molecule has 2 atom stereocenters. The quantitative estimate of drug-likeness (QED) is 0.676. The minimum Gasteiger partial charge on any atom is -0.481 e. The number of hydrogen-bond acceptors (Lipinski definition) is 4. The van der Waals surface area contributed by atoms with Crippen molar-refractivity contribution >= 4 is 23.6 Å². The van der Waals surface area contributed by atoms with Crippen LogP contribution in [-0.2, 0) is 4.79 Å². The van der Waals surface area contributed by atoms with Gasteiger partial charge in [-0.1, -0.05) is 24.6 Å². The zero-order valence-corrected chi connectivity index (χ0v) is 19.8. The highest BCUT2D eigenvalue weighted by molar-refractivity contribution is 5.98. The number of primary amides is 1. The van der Waals surface area contributed by atoms with E-state index in [0.717, 1.165) is 18.4 Å². The van der Waals surface area contributed by atoms with Gasteiger partial charge in [-0.2, -0.15) is 5.26 Å². The number of likely N-dealkylation sites (tertiary alicyclic amines) is 1. The molecule has 35 heavy (non-hydrogen) atoms. The normalized spacial score (nSPS) is 20.3. The third-order valence-corrected chi connectivity index (χ3v) is 7.37. The summed E-state index contributed by atoms with van der Waals surface area (Å²) in [7, 11) is 0. The van der Waals surface area contributed by atoms with Crippen molar-refractivity contribution in [3.63, 3.8) is 0 Å². The molecule has 4 rings (SSSR count). The smallest absolute Gasteiger partial charge is 0.319 e. The average Bonchev–Trinajstić information content (AvgIpc) is 3.34. The van der Waals surface area contributed by atoms with Crippen LogP contribution < -0.4 is 10.6 Å². The lowest BCUT2D eigenvalue weighted by Gasteiger charge is -2.33. The van der Waals surface area contributed by atoms with Crippen LogP contribution in [0.25, 0.3) is 0 Å². The molecule has 2 aromatic rings. The standard InChI is InChI=1S/C27H30N4O4/c1-17-5-8-21(15-24(17)31(27(29)35)23-4-2-3-22(23)26(33)34)25(32)30-13-11-20(12-14-30)19-9-6-18(16-28)7-10-19/h5-10,15,20,22-23H,2-4,11-14H2,1H3,(H2,29,35)(H,33,34). The second kappa shape index (κ2) is 10.2. The van der Waals surface area contributed by atoms with Crippen LogP contribution >= 0.6 is 0 Å². The largest absolute Gasteiger partial charge is 0.481 e. The Morgan fingerprint density at radius 2 is 1.74 bits per heavy atom. The summed E-state index contributed by atoms with van der Waals surface area (Å²) in [6.45, 7) is 3.04. The van der Waals surface area contributed by atoms with Crippen LogP contribution in [0, 0.1) is 24.2 Å². The Morgan fingerprint density at radius 3 is 2.34 bits per heavy atom. The molecule has 182 valence electrons. The van der Waals surface area contributed by atoms with Crippen LogP contribution in [0.15, 0.2) is 42.5 Å². The number of nitriles is 1. The predicted molar refractivity (Wildman–Crippen MR) is 131 cm³/mol. The Morgan fingerprint density at radius 1 is 1.06 bits per heavy atom. The first-order valence-electron chi connectivity index (χ1n) is 12.0. The highest BCUT2D eigenvalue weighted by Crippen LogP contribution is 2.35. The first-order valence-corrected chi connectivity index (χ1v) is 12.0. The van der Waals surface area contributed by atoms with Crippen molar-refractivity contribution in [1.29, 1.82) is 5.26 Å². The summed E-state index contributed by atoms with van der Waals surface area (Å²) in [5.41, 5.74) is 9.24. The van der Waals surface area contributed by atoms with Gasteiger partial charge in [0.15, 0.2) is 0 Å². The monoisotopic (exact) mass is 474 g/mol. The van der Waals surface area contributed by atoms with Gasteiger partial charge in [0.25, 0.3) is 5.91 Å². The number of aliphatic carboxylic acids is 1. The third kappa shape index (κ3) is 4.99. The molecule has 0 radical (unpaired) electrons. The highest BCUT2D eigenvalue weighted by Gasteiger charge is 2.40. The van der Waals surface area contributed by atoms with E-state index < -0.39 is 24.0 Å². The summed E-state index contributed by atoms with van der Waals surface area (Å²) in [5, 5.41) is 18.6. The number of anilines is 1. The van der Waals surface area contributed by atoms with E-state index in [1.165, 1.54) is 10.5 Å². The van der Waals surface area contributed by atoms with Crippen molar-refractivity contribution in [3.8, 4) is 6.07 Å². The Hall–Kier alpha value is -3.86. The average molecular weight is 475 g/mol. The number of nitrogens with zero attached hydrogens (tertiary/aromatic N) is 3. The molecule has 0 bridgehead atoms. The molecule has 2 unspecified atom stereocenters. The molecule has 2 aromatic carbocycles. The molecule has 0 aromatic heterocycles. The Balaban J connectivity index is 1.51. The molecule has 1 heterocycles. The number of piperidine rings is 1. The second-order valence-electron chi connectivity index (χ2n) is 9.45. The SMILES string of the molecule is Cc1ccc(C(=O)N2CCC(c3ccc(C#N)cc3)CC2)cc1N(C(N)=O)C1CCCC1C(=O)O. The van der Waals surface area contributed by atoms with Gasteiger partial charge >= 0.3 is 12.0 Å². The summed E-state index contributed by atoms with van der Waals surface area (Å²) in [6, 6.07) is 13.7. The fourth-order valence-electron chi connectivity index (χ4n) is 5.43. The molecule has 2 aliphatic rings. The number of urea groups is 1. The highest BCUT2D eigenvalue weighted by atomic mass is 16.4. The van der Waals surface area contributed by atoms with Gasteiger partial charge in [0.1, 0.15) is 0 Å². The maximum Gasteiger partial charge on any atom is 0.319 e. The Kier molecular flexibility index (Phi) is 7.06. The van der Waals surface area contributed by atoms with Crippen molar-refractivity contribution in [1.82, 2.24) is 4.90 Å². The van der Waals surface area contributed by atoms with E-state index in [4.69, 9.17) is 11.0 Å². The number of carbonyl (C=O) groups is 3. The first-order chi connectivity index (χ1) is 16.8. The van der Waals surface area contributed by atoms with E-state index in [9.17, 15) is 19.5 Å². The molecule has 1 saturated carbocycles. The van der Waals surface area contributed by atoms with E-state index in [1.54, 1.807) is 18.2 Å². The molecule has 3 N–H and O–H groups in total. The lowest BCUT2D eigenvalue weighted by atomic mass is 9.89. The first kappa shape index (κ1) is 24.3. The van der Waals surface area contributed by atoms with Gasteiger partial charge in [-0.15, -0.1) is 0 Å². The predicted octanol–water partition coefficient (Wildman–Crippen LogP) is 4.02. The van der Waals surface area contributed by atoms with Gasteiger partial charge in [-0.25, -0.2) is 4.79 Å². The van der Waals surface area contributed by atoms with Crippen molar-refractivity contribution < 1.29 is 19.5 Å². The number of carboxylic acids is 1. The van der Waals surface area contributed by atoms with Crippen LogP contribution in [0.5, 0.6) is 0 Å². The van der Waals surface area contributed by atoms with Crippen LogP contribution in [0.1, 0.15) is 65.1 Å². The molecule has 3 amide bonds. The van der Waals surface area contributed by atoms with Crippen molar-refractivity contribution in [2.75, 3.05) is 18.0 Å². The number of carboxylic acid groups (broad SMARTS) is 1. The van der Waals surface area contributed by atoms with Gasteiger partial charge in [0.05, 0.1) is 23.6 Å². The lowest BCUT2D eigenvalue weighted by Crippen LogP contribution is -2.47. The summed E-state index contributed by atoms with van der Waals surface area (Å²) in [6.07, 6.45) is 3.41. The van der Waals surface area contributed by atoms with Crippen molar-refractivity contribution in [2.24, 2.45) is 11.7 Å². The van der Waals surface area contributed by atoms with E-state index in [2.05, 4.69) is 6.07 Å². The number of hydrogen-bond donors (Lipinski definition) is 2. The minimum atomic E-state index is -0.936. The molecule has 2 fully saturated rings. The summed E-state index contributed by atoms with van der Waals surface area (Å²) < 4.78 is 0. The molecule has 1 aliphatic carbocycles. The van der Waals surface area contributed by atoms with E-state index in [1.807, 2.05) is 36.1 Å². The number of nitrogens with two attached hydrogens (primary N) is 1. The van der Waals surface area contributed by atoms with Crippen LogP contribution in [0.4, 0.5) is 10.5 Å². The maximum absolute atomic E-state index is 13.3. The van der Waals surface area contributed by atoms with Gasteiger partial charge in [0, 0.05) is 24.3 Å². The number of amides is 3. The van der Waals surface area contributed by atoms with Gasteiger partial charge in [0.2, 0.25) is 0 Å². The molecule has 1 saturated heterocycles. The van der Waals surface area contributed by atoms with Crippen molar-refractivity contribution in [2.45, 2.75) is 51.0 Å². The van der Waals surface area contributed by atoms with Crippen LogP contribution in [0.3, 0.4) is 0 Å². The van der Waals surface area contributed by atoms with Gasteiger partial charge in [-0.3, -0.25) is 14.5 Å². The van der Waals surface area contributed by atoms with E-state index in [0.29, 0.717) is 55.1 Å².